The summed E-state index contributed by atoms with van der Waals surface area (Å²) in [5.74, 6) is 3.77. The summed E-state index contributed by atoms with van der Waals surface area (Å²) in [6, 6.07) is 0. The first-order valence-electron chi connectivity index (χ1n) is 9.34. The van der Waals surface area contributed by atoms with Crippen molar-refractivity contribution >= 4 is 0 Å². The Labute approximate surface area is 129 Å². The van der Waals surface area contributed by atoms with Crippen LogP contribution in [0.25, 0.3) is 0 Å². The fourth-order valence-electron chi connectivity index (χ4n) is 4.30. The topological polar surface area (TPSA) is 0 Å². The maximum absolute atomic E-state index is 2.49. The van der Waals surface area contributed by atoms with Gasteiger partial charge in [-0.1, -0.05) is 80.1 Å². The molecule has 0 heteroatoms. The average molecular weight is 281 g/mol. The minimum Gasteiger partial charge on any atom is -0.0651 e. The van der Waals surface area contributed by atoms with Gasteiger partial charge in [0.05, 0.1) is 0 Å². The Morgan fingerprint density at radius 2 is 1.65 bits per heavy atom. The molecule has 1 rings (SSSR count). The zero-order valence-electron chi connectivity index (χ0n) is 15.2. The standard InChI is InChI=1S/C20H40/c1-7-17-11-9-8-10-12-19(20(4,5)6)18(15-17)14-13-16(2)3/h16-19H,7-15H2,1-6H3. The van der Waals surface area contributed by atoms with E-state index >= 15 is 0 Å². The van der Waals surface area contributed by atoms with E-state index < -0.39 is 0 Å². The Morgan fingerprint density at radius 3 is 2.20 bits per heavy atom. The first-order valence-corrected chi connectivity index (χ1v) is 9.34. The average Bonchev–Trinajstić information content (AvgIpc) is 2.44. The molecule has 0 radical (unpaired) electrons. The zero-order chi connectivity index (χ0) is 15.2. The molecule has 1 saturated carbocycles. The third kappa shape index (κ3) is 6.19. The fraction of sp³-hybridized carbons (Fsp3) is 1.00. The maximum Gasteiger partial charge on any atom is -0.0337 e. The Kier molecular flexibility index (Phi) is 7.62. The molecule has 1 fully saturated rings. The Bertz CT molecular complexity index is 245. The Hall–Kier alpha value is 0. The van der Waals surface area contributed by atoms with Crippen molar-refractivity contribution in [1.29, 1.82) is 0 Å². The molecule has 1 aliphatic rings. The molecule has 0 bridgehead atoms. The lowest BCUT2D eigenvalue weighted by molar-refractivity contribution is 0.113. The lowest BCUT2D eigenvalue weighted by atomic mass is 9.67. The van der Waals surface area contributed by atoms with Crippen LogP contribution in [-0.2, 0) is 0 Å². The van der Waals surface area contributed by atoms with Gasteiger partial charge in [-0.25, -0.2) is 0 Å². The van der Waals surface area contributed by atoms with E-state index in [4.69, 9.17) is 0 Å². The minimum absolute atomic E-state index is 0.490. The Balaban J connectivity index is 2.81. The summed E-state index contributed by atoms with van der Waals surface area (Å²) in [6.45, 7) is 14.6. The van der Waals surface area contributed by atoms with Crippen LogP contribution in [0.1, 0.15) is 99.3 Å². The molecule has 0 nitrogen and oxygen atoms in total. The van der Waals surface area contributed by atoms with Gasteiger partial charge in [0.1, 0.15) is 0 Å². The molecule has 0 aromatic carbocycles. The van der Waals surface area contributed by atoms with E-state index in [2.05, 4.69) is 41.5 Å². The van der Waals surface area contributed by atoms with Gasteiger partial charge in [-0.15, -0.1) is 0 Å². The summed E-state index contributed by atoms with van der Waals surface area (Å²) < 4.78 is 0. The molecule has 0 aromatic rings. The predicted octanol–water partition coefficient (Wildman–Crippen LogP) is 7.08. The maximum atomic E-state index is 2.49. The monoisotopic (exact) mass is 280 g/mol. The highest BCUT2D eigenvalue weighted by molar-refractivity contribution is 4.83. The molecule has 3 unspecified atom stereocenters. The van der Waals surface area contributed by atoms with Gasteiger partial charge in [0, 0.05) is 0 Å². The SMILES string of the molecule is CCC1CCCCCC(C(C)(C)C)C(CCC(C)C)C1. The molecule has 1 aliphatic carbocycles. The second-order valence-electron chi connectivity index (χ2n) is 8.85. The number of hydrogen-bond donors (Lipinski definition) is 0. The lowest BCUT2D eigenvalue weighted by Crippen LogP contribution is -2.30. The molecule has 120 valence electrons. The van der Waals surface area contributed by atoms with Crippen LogP contribution in [0.3, 0.4) is 0 Å². The van der Waals surface area contributed by atoms with Crippen molar-refractivity contribution in [2.24, 2.45) is 29.1 Å². The van der Waals surface area contributed by atoms with Crippen molar-refractivity contribution in [1.82, 2.24) is 0 Å². The smallest absolute Gasteiger partial charge is 0.0337 e. The third-order valence-corrected chi connectivity index (χ3v) is 5.64. The van der Waals surface area contributed by atoms with Crippen LogP contribution in [0.4, 0.5) is 0 Å². The quantitative estimate of drug-likeness (QED) is 0.516. The van der Waals surface area contributed by atoms with Crippen molar-refractivity contribution in [3.05, 3.63) is 0 Å². The van der Waals surface area contributed by atoms with Crippen molar-refractivity contribution in [3.63, 3.8) is 0 Å². The van der Waals surface area contributed by atoms with Crippen molar-refractivity contribution in [2.45, 2.75) is 99.3 Å². The molecule has 0 amide bonds. The van der Waals surface area contributed by atoms with Crippen LogP contribution in [0.15, 0.2) is 0 Å². The first-order chi connectivity index (χ1) is 9.34. The van der Waals surface area contributed by atoms with Gasteiger partial charge in [-0.05, 0) is 48.3 Å². The van der Waals surface area contributed by atoms with Gasteiger partial charge >= 0.3 is 0 Å². The van der Waals surface area contributed by atoms with Crippen LogP contribution in [0, 0.1) is 29.1 Å². The molecule has 0 spiro atoms. The van der Waals surface area contributed by atoms with Crippen LogP contribution in [-0.4, -0.2) is 0 Å². The van der Waals surface area contributed by atoms with E-state index in [0.717, 1.165) is 23.7 Å². The van der Waals surface area contributed by atoms with E-state index in [1.807, 2.05) is 0 Å². The molecule has 0 aliphatic heterocycles. The van der Waals surface area contributed by atoms with E-state index in [1.54, 1.807) is 0 Å². The summed E-state index contributed by atoms with van der Waals surface area (Å²) in [4.78, 5) is 0. The van der Waals surface area contributed by atoms with Crippen LogP contribution >= 0.6 is 0 Å². The third-order valence-electron chi connectivity index (χ3n) is 5.64. The van der Waals surface area contributed by atoms with Crippen LogP contribution in [0.2, 0.25) is 0 Å². The highest BCUT2D eigenvalue weighted by Gasteiger charge is 2.33. The van der Waals surface area contributed by atoms with E-state index in [1.165, 1.54) is 57.8 Å². The van der Waals surface area contributed by atoms with Gasteiger partial charge < -0.3 is 0 Å². The number of rotatable bonds is 4. The fourth-order valence-corrected chi connectivity index (χ4v) is 4.30. The zero-order valence-corrected chi connectivity index (χ0v) is 15.2. The summed E-state index contributed by atoms with van der Waals surface area (Å²) in [5, 5.41) is 0. The summed E-state index contributed by atoms with van der Waals surface area (Å²) in [7, 11) is 0. The largest absolute Gasteiger partial charge is 0.0651 e. The molecule has 0 N–H and O–H groups in total. The summed E-state index contributed by atoms with van der Waals surface area (Å²) in [6.07, 6.45) is 13.2. The van der Waals surface area contributed by atoms with Crippen molar-refractivity contribution in [3.8, 4) is 0 Å². The van der Waals surface area contributed by atoms with Crippen LogP contribution < -0.4 is 0 Å². The van der Waals surface area contributed by atoms with E-state index in [-0.39, 0.29) is 0 Å². The van der Waals surface area contributed by atoms with E-state index in [9.17, 15) is 0 Å². The molecular formula is C20H40. The molecule has 0 saturated heterocycles. The highest BCUT2D eigenvalue weighted by Crippen LogP contribution is 2.43. The second-order valence-corrected chi connectivity index (χ2v) is 8.85. The summed E-state index contributed by atoms with van der Waals surface area (Å²) >= 11 is 0. The molecule has 20 heavy (non-hydrogen) atoms. The van der Waals surface area contributed by atoms with Crippen LogP contribution in [0.5, 0.6) is 0 Å². The second kappa shape index (κ2) is 8.44. The highest BCUT2D eigenvalue weighted by atomic mass is 14.4. The van der Waals surface area contributed by atoms with Gasteiger partial charge in [-0.2, -0.15) is 0 Å². The van der Waals surface area contributed by atoms with Gasteiger partial charge in [0.25, 0.3) is 0 Å². The van der Waals surface area contributed by atoms with Crippen molar-refractivity contribution < 1.29 is 0 Å². The number of hydrogen-bond acceptors (Lipinski definition) is 0. The van der Waals surface area contributed by atoms with Gasteiger partial charge in [0.15, 0.2) is 0 Å². The molecular weight excluding hydrogens is 240 g/mol. The first kappa shape index (κ1) is 18.1. The summed E-state index contributed by atoms with van der Waals surface area (Å²) in [5.41, 5.74) is 0.490. The molecule has 3 atom stereocenters. The predicted molar refractivity (Wildman–Crippen MR) is 92.0 cm³/mol. The Morgan fingerprint density at radius 1 is 1.00 bits per heavy atom. The van der Waals surface area contributed by atoms with Crippen molar-refractivity contribution in [2.75, 3.05) is 0 Å². The van der Waals surface area contributed by atoms with Gasteiger partial charge in [0.2, 0.25) is 0 Å². The van der Waals surface area contributed by atoms with Gasteiger partial charge in [-0.3, -0.25) is 0 Å². The molecule has 0 heterocycles. The van der Waals surface area contributed by atoms with E-state index in [0.29, 0.717) is 5.41 Å². The lowest BCUT2D eigenvalue weighted by Gasteiger charge is -2.39. The normalized spacial score (nSPS) is 29.9. The minimum atomic E-state index is 0.490. The molecule has 0 aromatic heterocycles.